The number of esters is 1. The van der Waals surface area contributed by atoms with Gasteiger partial charge in [-0.1, -0.05) is 67.8 Å². The van der Waals surface area contributed by atoms with Crippen LogP contribution in [-0.4, -0.2) is 12.5 Å². The van der Waals surface area contributed by atoms with Gasteiger partial charge in [-0.05, 0) is 26.0 Å². The Labute approximate surface area is 137 Å². The fraction of sp³-hybridized carbons (Fsp3) is 0.350. The fourth-order valence-electron chi connectivity index (χ4n) is 3.09. The summed E-state index contributed by atoms with van der Waals surface area (Å²) in [5.41, 5.74) is 2.85. The van der Waals surface area contributed by atoms with Gasteiger partial charge >= 0.3 is 5.97 Å². The van der Waals surface area contributed by atoms with E-state index < -0.39 is 5.72 Å². The highest BCUT2D eigenvalue weighted by molar-refractivity contribution is 5.95. The summed E-state index contributed by atoms with van der Waals surface area (Å²) in [4.78, 5) is 12.3. The molecule has 1 heterocycles. The Hall–Kier alpha value is -2.13. The molecule has 1 aliphatic rings. The molecule has 1 atom stereocenters. The topological polar surface area (TPSA) is 38.3 Å². The lowest BCUT2D eigenvalue weighted by molar-refractivity contribution is -0.00485. The first-order valence-corrected chi connectivity index (χ1v) is 8.32. The van der Waals surface area contributed by atoms with Crippen LogP contribution in [0.15, 0.2) is 48.5 Å². The third-order valence-electron chi connectivity index (χ3n) is 4.38. The van der Waals surface area contributed by atoms with Crippen LogP contribution in [0.4, 0.5) is 0 Å². The van der Waals surface area contributed by atoms with E-state index in [0.29, 0.717) is 5.56 Å². The molecule has 0 aliphatic carbocycles. The Morgan fingerprint density at radius 3 is 2.52 bits per heavy atom. The lowest BCUT2D eigenvalue weighted by Gasteiger charge is -2.31. The Morgan fingerprint density at radius 2 is 1.78 bits per heavy atom. The number of cyclic esters (lactones) is 1. The number of hydrogen-bond acceptors (Lipinski definition) is 3. The number of unbranched alkanes of at least 4 members (excludes halogenated alkanes) is 2. The van der Waals surface area contributed by atoms with Crippen molar-refractivity contribution in [2.75, 3.05) is 6.54 Å². The smallest absolute Gasteiger partial charge is 0.340 e. The average Bonchev–Trinajstić information content (AvgIpc) is 2.86. The van der Waals surface area contributed by atoms with E-state index in [0.717, 1.165) is 36.9 Å². The van der Waals surface area contributed by atoms with E-state index in [1.807, 2.05) is 36.4 Å². The molecule has 0 bridgehead atoms. The largest absolute Gasteiger partial charge is 0.431 e. The molecule has 3 rings (SSSR count). The van der Waals surface area contributed by atoms with Crippen molar-refractivity contribution >= 4 is 5.97 Å². The number of ether oxygens (including phenoxy) is 1. The fourth-order valence-corrected chi connectivity index (χ4v) is 3.09. The molecular weight excluding hydrogens is 286 g/mol. The molecule has 2 aromatic carbocycles. The first kappa shape index (κ1) is 15.8. The maximum absolute atomic E-state index is 12.3. The van der Waals surface area contributed by atoms with E-state index in [-0.39, 0.29) is 5.97 Å². The van der Waals surface area contributed by atoms with Gasteiger partial charge < -0.3 is 4.74 Å². The monoisotopic (exact) mass is 309 g/mol. The number of nitrogens with one attached hydrogen (secondary N) is 1. The maximum atomic E-state index is 12.3. The van der Waals surface area contributed by atoms with Crippen molar-refractivity contribution < 1.29 is 9.53 Å². The first-order chi connectivity index (χ1) is 11.2. The van der Waals surface area contributed by atoms with Crippen molar-refractivity contribution in [3.63, 3.8) is 0 Å². The quantitative estimate of drug-likeness (QED) is 0.643. The Morgan fingerprint density at radius 1 is 1.04 bits per heavy atom. The summed E-state index contributed by atoms with van der Waals surface area (Å²) in [5.74, 6) is -0.260. The second kappa shape index (κ2) is 6.55. The van der Waals surface area contributed by atoms with E-state index in [1.165, 1.54) is 5.56 Å². The summed E-state index contributed by atoms with van der Waals surface area (Å²) >= 11 is 0. The van der Waals surface area contributed by atoms with Gasteiger partial charge in [0, 0.05) is 11.1 Å². The number of hydrogen-bond donors (Lipinski definition) is 1. The van der Waals surface area contributed by atoms with Crippen molar-refractivity contribution in [2.45, 2.75) is 38.8 Å². The summed E-state index contributed by atoms with van der Waals surface area (Å²) in [6.07, 6.45) is 3.38. The lowest BCUT2D eigenvalue weighted by atomic mass is 9.92. The molecule has 0 spiro atoms. The van der Waals surface area contributed by atoms with Crippen molar-refractivity contribution in [3.05, 3.63) is 70.8 Å². The predicted octanol–water partition coefficient (Wildman–Crippen LogP) is 4.15. The second-order valence-corrected chi connectivity index (χ2v) is 6.12. The standard InChI is InChI=1S/C20H23NO2/c1-3-4-7-14-21-20(16-12-10-15(2)11-13-16)18-9-6-5-8-17(18)19(22)23-20/h5-6,8-13,21H,3-4,7,14H2,1-2H3. The highest BCUT2D eigenvalue weighted by atomic mass is 16.6. The lowest BCUT2D eigenvalue weighted by Crippen LogP contribution is -2.44. The molecule has 3 heteroatoms. The van der Waals surface area contributed by atoms with Gasteiger partial charge in [0.15, 0.2) is 0 Å². The van der Waals surface area contributed by atoms with Gasteiger partial charge in [-0.3, -0.25) is 5.32 Å². The number of fused-ring (bicyclic) bond motifs is 1. The minimum Gasteiger partial charge on any atom is -0.431 e. The zero-order valence-corrected chi connectivity index (χ0v) is 13.8. The molecule has 1 aliphatic heterocycles. The minimum atomic E-state index is -0.866. The number of carbonyl (C=O) groups is 1. The zero-order chi connectivity index (χ0) is 16.3. The van der Waals surface area contributed by atoms with Gasteiger partial charge in [0.1, 0.15) is 0 Å². The predicted molar refractivity (Wildman–Crippen MR) is 91.3 cm³/mol. The van der Waals surface area contributed by atoms with Gasteiger partial charge in [0.05, 0.1) is 5.56 Å². The molecule has 120 valence electrons. The van der Waals surface area contributed by atoms with Crippen LogP contribution in [0.5, 0.6) is 0 Å². The van der Waals surface area contributed by atoms with Crippen LogP contribution in [0.3, 0.4) is 0 Å². The van der Waals surface area contributed by atoms with E-state index in [2.05, 4.69) is 31.3 Å². The van der Waals surface area contributed by atoms with Crippen LogP contribution in [-0.2, 0) is 10.5 Å². The number of carbonyl (C=O) groups excluding carboxylic acids is 1. The van der Waals surface area contributed by atoms with Crippen molar-refractivity contribution in [1.29, 1.82) is 0 Å². The third-order valence-corrected chi connectivity index (χ3v) is 4.38. The third kappa shape index (κ3) is 2.89. The molecule has 0 fully saturated rings. The number of benzene rings is 2. The average molecular weight is 309 g/mol. The molecule has 2 aromatic rings. The number of rotatable bonds is 6. The summed E-state index contributed by atoms with van der Waals surface area (Å²) in [7, 11) is 0. The second-order valence-electron chi connectivity index (χ2n) is 6.12. The molecule has 0 amide bonds. The molecule has 23 heavy (non-hydrogen) atoms. The number of aryl methyl sites for hydroxylation is 1. The Balaban J connectivity index is 2.01. The van der Waals surface area contributed by atoms with E-state index in [9.17, 15) is 4.79 Å². The van der Waals surface area contributed by atoms with E-state index in [1.54, 1.807) is 0 Å². The molecule has 0 radical (unpaired) electrons. The van der Waals surface area contributed by atoms with Crippen LogP contribution >= 0.6 is 0 Å². The SMILES string of the molecule is CCCCCNC1(c2ccc(C)cc2)OC(=O)c2ccccc21. The Kier molecular flexibility index (Phi) is 4.49. The van der Waals surface area contributed by atoms with Gasteiger partial charge in [-0.15, -0.1) is 0 Å². The van der Waals surface area contributed by atoms with Crippen LogP contribution in [0.2, 0.25) is 0 Å². The first-order valence-electron chi connectivity index (χ1n) is 8.32. The van der Waals surface area contributed by atoms with Gasteiger partial charge in [-0.2, -0.15) is 0 Å². The normalized spacial score (nSPS) is 19.5. The molecule has 0 saturated carbocycles. The molecular formula is C20H23NO2. The highest BCUT2D eigenvalue weighted by Gasteiger charge is 2.46. The van der Waals surface area contributed by atoms with E-state index in [4.69, 9.17) is 4.74 Å². The molecule has 3 nitrogen and oxygen atoms in total. The van der Waals surface area contributed by atoms with Crippen LogP contribution in [0, 0.1) is 6.92 Å². The van der Waals surface area contributed by atoms with Crippen molar-refractivity contribution in [3.8, 4) is 0 Å². The van der Waals surface area contributed by atoms with Crippen LogP contribution in [0.25, 0.3) is 0 Å². The van der Waals surface area contributed by atoms with Crippen LogP contribution < -0.4 is 5.32 Å². The van der Waals surface area contributed by atoms with Gasteiger partial charge in [0.25, 0.3) is 0 Å². The summed E-state index contributed by atoms with van der Waals surface area (Å²) in [6, 6.07) is 15.8. The molecule has 0 saturated heterocycles. The van der Waals surface area contributed by atoms with Gasteiger partial charge in [-0.25, -0.2) is 4.79 Å². The van der Waals surface area contributed by atoms with Gasteiger partial charge in [0.2, 0.25) is 5.72 Å². The molecule has 0 aromatic heterocycles. The van der Waals surface area contributed by atoms with Crippen molar-refractivity contribution in [2.24, 2.45) is 0 Å². The van der Waals surface area contributed by atoms with Crippen LogP contribution in [0.1, 0.15) is 53.2 Å². The summed E-state index contributed by atoms with van der Waals surface area (Å²) in [6.45, 7) is 5.05. The summed E-state index contributed by atoms with van der Waals surface area (Å²) in [5, 5.41) is 3.51. The Bertz CT molecular complexity index is 693. The van der Waals surface area contributed by atoms with Crippen molar-refractivity contribution in [1.82, 2.24) is 5.32 Å². The minimum absolute atomic E-state index is 0.260. The molecule has 1 N–H and O–H groups in total. The molecule has 1 unspecified atom stereocenters. The highest BCUT2D eigenvalue weighted by Crippen LogP contribution is 2.39. The maximum Gasteiger partial charge on any atom is 0.340 e. The zero-order valence-electron chi connectivity index (χ0n) is 13.8. The van der Waals surface area contributed by atoms with E-state index >= 15 is 0 Å². The summed E-state index contributed by atoms with van der Waals surface area (Å²) < 4.78 is 5.88.